The quantitative estimate of drug-likeness (QED) is 0.774. The Labute approximate surface area is 106 Å². The predicted molar refractivity (Wildman–Crippen MR) is 70.2 cm³/mol. The van der Waals surface area contributed by atoms with Crippen molar-refractivity contribution in [1.82, 2.24) is 4.98 Å². The van der Waals surface area contributed by atoms with Crippen molar-refractivity contribution in [2.45, 2.75) is 20.0 Å². The van der Waals surface area contributed by atoms with Crippen LogP contribution >= 0.6 is 0 Å². The van der Waals surface area contributed by atoms with Gasteiger partial charge in [0.25, 0.3) is 0 Å². The van der Waals surface area contributed by atoms with Crippen molar-refractivity contribution in [3.63, 3.8) is 0 Å². The van der Waals surface area contributed by atoms with Gasteiger partial charge >= 0.3 is 5.97 Å². The Bertz CT molecular complexity index is 518. The molecular formula is C15H15NO2. The van der Waals surface area contributed by atoms with Gasteiger partial charge in [-0.05, 0) is 49.2 Å². The van der Waals surface area contributed by atoms with E-state index >= 15 is 0 Å². The highest BCUT2D eigenvalue weighted by Gasteiger charge is 2.08. The molecule has 3 nitrogen and oxygen atoms in total. The molecule has 0 bridgehead atoms. The minimum absolute atomic E-state index is 0.0997. The number of carbonyl (C=O) groups is 1. The fourth-order valence-electron chi connectivity index (χ4n) is 1.63. The molecule has 0 aliphatic rings. The Morgan fingerprint density at radius 1 is 1.00 bits per heavy atom. The average molecular weight is 241 g/mol. The maximum Gasteiger partial charge on any atom is 0.338 e. The smallest absolute Gasteiger partial charge is 0.338 e. The van der Waals surface area contributed by atoms with Gasteiger partial charge in [0.2, 0.25) is 0 Å². The Morgan fingerprint density at radius 3 is 2.11 bits per heavy atom. The van der Waals surface area contributed by atoms with E-state index < -0.39 is 0 Å². The first-order valence-electron chi connectivity index (χ1n) is 5.88. The molecule has 92 valence electrons. The summed E-state index contributed by atoms with van der Waals surface area (Å²) >= 11 is 0. The summed E-state index contributed by atoms with van der Waals surface area (Å²) in [5, 5.41) is 0. The van der Waals surface area contributed by atoms with Crippen LogP contribution < -0.4 is 0 Å². The second-order valence-corrected chi connectivity index (χ2v) is 4.27. The molecule has 1 aromatic carbocycles. The Balaban J connectivity index is 2.18. The first-order chi connectivity index (χ1) is 8.66. The molecule has 0 unspecified atom stereocenters. The topological polar surface area (TPSA) is 39.2 Å². The molecule has 0 radical (unpaired) electrons. The molecule has 0 aliphatic carbocycles. The van der Waals surface area contributed by atoms with E-state index in [0.29, 0.717) is 5.56 Å². The first-order valence-corrected chi connectivity index (χ1v) is 5.88. The van der Waals surface area contributed by atoms with Crippen LogP contribution in [0.4, 0.5) is 0 Å². The number of hydrogen-bond acceptors (Lipinski definition) is 3. The largest absolute Gasteiger partial charge is 0.459 e. The first kappa shape index (κ1) is 12.3. The van der Waals surface area contributed by atoms with Crippen LogP contribution in [0.5, 0.6) is 0 Å². The summed E-state index contributed by atoms with van der Waals surface area (Å²) in [5.74, 6) is -0.286. The monoisotopic (exact) mass is 241 g/mol. The average Bonchev–Trinajstić information content (AvgIpc) is 2.39. The summed E-state index contributed by atoms with van der Waals surface area (Å²) in [6.07, 6.45) is 3.39. The van der Waals surface area contributed by atoms with E-state index in [9.17, 15) is 4.79 Å². The van der Waals surface area contributed by atoms with Gasteiger partial charge < -0.3 is 4.74 Å². The van der Waals surface area contributed by atoms with Crippen molar-refractivity contribution >= 4 is 5.97 Å². The Morgan fingerprint density at radius 2 is 1.56 bits per heavy atom. The molecule has 0 atom stereocenters. The molecule has 0 N–H and O–H groups in total. The lowest BCUT2D eigenvalue weighted by Crippen LogP contribution is -2.11. The fourth-order valence-corrected chi connectivity index (χ4v) is 1.63. The van der Waals surface area contributed by atoms with Gasteiger partial charge in [-0.25, -0.2) is 4.79 Å². The van der Waals surface area contributed by atoms with Gasteiger partial charge in [-0.1, -0.05) is 12.1 Å². The minimum Gasteiger partial charge on any atom is -0.459 e. The normalized spacial score (nSPS) is 10.4. The van der Waals surface area contributed by atoms with Crippen LogP contribution in [0.2, 0.25) is 0 Å². The van der Waals surface area contributed by atoms with Crippen LogP contribution in [0.25, 0.3) is 11.1 Å². The zero-order valence-electron chi connectivity index (χ0n) is 10.5. The summed E-state index contributed by atoms with van der Waals surface area (Å²) in [6, 6.07) is 11.2. The standard InChI is InChI=1S/C15H15NO2/c1-11(2)18-15(17)14-5-3-12(4-6-14)13-7-9-16-10-8-13/h3-11H,1-2H3. The van der Waals surface area contributed by atoms with Crippen LogP contribution in [0.3, 0.4) is 0 Å². The second kappa shape index (κ2) is 5.45. The summed E-state index contributed by atoms with van der Waals surface area (Å²) in [4.78, 5) is 15.6. The molecule has 0 saturated heterocycles. The van der Waals surface area contributed by atoms with Crippen LogP contribution in [-0.2, 0) is 4.74 Å². The molecule has 0 aliphatic heterocycles. The number of benzene rings is 1. The number of esters is 1. The molecule has 1 heterocycles. The van der Waals surface area contributed by atoms with Crippen molar-refractivity contribution in [3.05, 3.63) is 54.4 Å². The van der Waals surface area contributed by atoms with Gasteiger partial charge in [0, 0.05) is 12.4 Å². The van der Waals surface area contributed by atoms with Crippen LogP contribution in [0.1, 0.15) is 24.2 Å². The molecule has 0 fully saturated rings. The van der Waals surface area contributed by atoms with E-state index in [1.165, 1.54) is 0 Å². The summed E-state index contributed by atoms with van der Waals surface area (Å²) < 4.78 is 5.13. The summed E-state index contributed by atoms with van der Waals surface area (Å²) in [6.45, 7) is 3.67. The zero-order valence-corrected chi connectivity index (χ0v) is 10.5. The lowest BCUT2D eigenvalue weighted by atomic mass is 10.1. The van der Waals surface area contributed by atoms with Crippen molar-refractivity contribution in [3.8, 4) is 11.1 Å². The predicted octanol–water partition coefficient (Wildman–Crippen LogP) is 3.31. The van der Waals surface area contributed by atoms with Gasteiger partial charge in [-0.2, -0.15) is 0 Å². The lowest BCUT2D eigenvalue weighted by Gasteiger charge is -2.08. The van der Waals surface area contributed by atoms with Crippen molar-refractivity contribution in [1.29, 1.82) is 0 Å². The molecule has 2 aromatic rings. The highest BCUT2D eigenvalue weighted by Crippen LogP contribution is 2.19. The van der Waals surface area contributed by atoms with E-state index in [1.54, 1.807) is 24.5 Å². The molecule has 1 aromatic heterocycles. The van der Waals surface area contributed by atoms with Gasteiger partial charge in [-0.3, -0.25) is 4.98 Å². The number of carbonyl (C=O) groups excluding carboxylic acids is 1. The molecule has 2 rings (SSSR count). The van der Waals surface area contributed by atoms with Crippen molar-refractivity contribution in [2.75, 3.05) is 0 Å². The van der Waals surface area contributed by atoms with E-state index in [0.717, 1.165) is 11.1 Å². The van der Waals surface area contributed by atoms with Crippen molar-refractivity contribution < 1.29 is 9.53 Å². The van der Waals surface area contributed by atoms with Crippen LogP contribution in [0.15, 0.2) is 48.8 Å². The number of ether oxygens (including phenoxy) is 1. The minimum atomic E-state index is -0.286. The highest BCUT2D eigenvalue weighted by molar-refractivity contribution is 5.90. The second-order valence-electron chi connectivity index (χ2n) is 4.27. The van der Waals surface area contributed by atoms with E-state index in [2.05, 4.69) is 4.98 Å². The number of aromatic nitrogens is 1. The Kier molecular flexibility index (Phi) is 3.72. The zero-order chi connectivity index (χ0) is 13.0. The van der Waals surface area contributed by atoms with Gasteiger partial charge in [0.1, 0.15) is 0 Å². The SMILES string of the molecule is CC(C)OC(=O)c1ccc(-c2ccncc2)cc1. The summed E-state index contributed by atoms with van der Waals surface area (Å²) in [7, 11) is 0. The van der Waals surface area contributed by atoms with E-state index in [-0.39, 0.29) is 12.1 Å². The van der Waals surface area contributed by atoms with Crippen LogP contribution in [0, 0.1) is 0 Å². The maximum absolute atomic E-state index is 11.7. The lowest BCUT2D eigenvalue weighted by molar-refractivity contribution is 0.0378. The van der Waals surface area contributed by atoms with Crippen molar-refractivity contribution in [2.24, 2.45) is 0 Å². The Hall–Kier alpha value is -2.16. The van der Waals surface area contributed by atoms with Crippen LogP contribution in [-0.4, -0.2) is 17.1 Å². The molecule has 0 spiro atoms. The van der Waals surface area contributed by atoms with E-state index in [1.807, 2.05) is 38.1 Å². The molecular weight excluding hydrogens is 226 g/mol. The van der Waals surface area contributed by atoms with E-state index in [4.69, 9.17) is 4.74 Å². The fraction of sp³-hybridized carbons (Fsp3) is 0.200. The molecule has 0 amide bonds. The molecule has 18 heavy (non-hydrogen) atoms. The van der Waals surface area contributed by atoms with Gasteiger partial charge in [-0.15, -0.1) is 0 Å². The third kappa shape index (κ3) is 2.94. The number of hydrogen-bond donors (Lipinski definition) is 0. The third-order valence-corrected chi connectivity index (χ3v) is 2.48. The molecule has 0 saturated carbocycles. The van der Waals surface area contributed by atoms with Gasteiger partial charge in [0.05, 0.1) is 11.7 Å². The third-order valence-electron chi connectivity index (χ3n) is 2.48. The number of pyridine rings is 1. The highest BCUT2D eigenvalue weighted by atomic mass is 16.5. The number of nitrogens with zero attached hydrogens (tertiary/aromatic N) is 1. The number of rotatable bonds is 3. The maximum atomic E-state index is 11.7. The summed E-state index contributed by atoms with van der Waals surface area (Å²) in [5.41, 5.74) is 2.70. The van der Waals surface area contributed by atoms with Gasteiger partial charge in [0.15, 0.2) is 0 Å². The molecule has 3 heteroatoms.